The van der Waals surface area contributed by atoms with Gasteiger partial charge >= 0.3 is 0 Å². The zero-order valence-corrected chi connectivity index (χ0v) is 19.7. The first-order chi connectivity index (χ1) is 16.0. The molecule has 0 spiro atoms. The molecule has 1 atom stereocenters. The van der Waals surface area contributed by atoms with E-state index in [0.29, 0.717) is 27.7 Å². The summed E-state index contributed by atoms with van der Waals surface area (Å²) >= 11 is 2.89. The van der Waals surface area contributed by atoms with Crippen molar-refractivity contribution >= 4 is 23.5 Å². The molecule has 0 saturated carbocycles. The second-order valence-corrected chi connectivity index (χ2v) is 9.14. The minimum atomic E-state index is -2.73. The van der Waals surface area contributed by atoms with Crippen LogP contribution in [0.25, 0.3) is 22.8 Å². The zero-order valence-electron chi connectivity index (χ0n) is 18.0. The molecule has 3 aromatic heterocycles. The standard InChI is InChI=1S/C20H21F2N7O2S2/c1-4-11(33-19-23-17(24-26-19)12-7-5-6-8-14(12)30-3)10-32-20-27-25-18(31-20)13-9-29(2)28-15(13)16(21)22/h5-9,11,16H,4,10H2,1-3H3,(H,23,24,26). The van der Waals surface area contributed by atoms with Crippen LogP contribution in [-0.2, 0) is 7.05 Å². The number of alkyl halides is 2. The summed E-state index contributed by atoms with van der Waals surface area (Å²) in [7, 11) is 3.17. The number of H-pyrrole nitrogens is 1. The molecule has 1 aromatic carbocycles. The number of para-hydroxylation sites is 1. The van der Waals surface area contributed by atoms with E-state index in [0.717, 1.165) is 12.0 Å². The summed E-state index contributed by atoms with van der Waals surface area (Å²) in [6.45, 7) is 2.07. The lowest BCUT2D eigenvalue weighted by atomic mass is 10.2. The summed E-state index contributed by atoms with van der Waals surface area (Å²) in [4.78, 5) is 4.58. The third kappa shape index (κ3) is 5.36. The lowest BCUT2D eigenvalue weighted by molar-refractivity contribution is 0.145. The van der Waals surface area contributed by atoms with Gasteiger partial charge in [-0.25, -0.2) is 13.8 Å². The van der Waals surface area contributed by atoms with Gasteiger partial charge in [0.15, 0.2) is 5.82 Å². The highest BCUT2D eigenvalue weighted by Gasteiger charge is 2.23. The van der Waals surface area contributed by atoms with Crippen molar-refractivity contribution in [1.29, 1.82) is 0 Å². The summed E-state index contributed by atoms with van der Waals surface area (Å²) in [5, 5.41) is 20.0. The number of thioether (sulfide) groups is 2. The van der Waals surface area contributed by atoms with E-state index in [1.807, 2.05) is 24.3 Å². The second-order valence-electron chi connectivity index (χ2n) is 6.90. The summed E-state index contributed by atoms with van der Waals surface area (Å²) in [6.07, 6.45) is -0.432. The molecule has 4 aromatic rings. The molecule has 1 N–H and O–H groups in total. The van der Waals surface area contributed by atoms with Crippen molar-refractivity contribution in [3.63, 3.8) is 0 Å². The van der Waals surface area contributed by atoms with Crippen LogP contribution in [0.5, 0.6) is 5.75 Å². The quantitative estimate of drug-likeness (QED) is 0.310. The van der Waals surface area contributed by atoms with Crippen molar-refractivity contribution in [1.82, 2.24) is 35.2 Å². The summed E-state index contributed by atoms with van der Waals surface area (Å²) in [6, 6.07) is 7.58. The minimum Gasteiger partial charge on any atom is -0.496 e. The highest BCUT2D eigenvalue weighted by Crippen LogP contribution is 2.33. The number of hydrogen-bond acceptors (Lipinski definition) is 9. The number of aryl methyl sites for hydroxylation is 1. The van der Waals surface area contributed by atoms with Gasteiger partial charge in [0.25, 0.3) is 17.5 Å². The molecule has 1 unspecified atom stereocenters. The Hall–Kier alpha value is -2.93. The fourth-order valence-electron chi connectivity index (χ4n) is 3.02. The topological polar surface area (TPSA) is 108 Å². The van der Waals surface area contributed by atoms with E-state index in [1.165, 1.54) is 34.4 Å². The van der Waals surface area contributed by atoms with E-state index in [-0.39, 0.29) is 22.4 Å². The molecule has 3 heterocycles. The van der Waals surface area contributed by atoms with Crippen LogP contribution in [0.3, 0.4) is 0 Å². The molecular weight excluding hydrogens is 472 g/mol. The summed E-state index contributed by atoms with van der Waals surface area (Å²) < 4.78 is 38.7. The van der Waals surface area contributed by atoms with Crippen LogP contribution < -0.4 is 4.74 Å². The number of rotatable bonds is 10. The van der Waals surface area contributed by atoms with Crippen LogP contribution in [-0.4, -0.2) is 53.3 Å². The molecule has 33 heavy (non-hydrogen) atoms. The molecule has 0 bridgehead atoms. The molecule has 9 nitrogen and oxygen atoms in total. The van der Waals surface area contributed by atoms with Crippen molar-refractivity contribution in [3.05, 3.63) is 36.2 Å². The van der Waals surface area contributed by atoms with Gasteiger partial charge in [-0.15, -0.1) is 15.3 Å². The first kappa shape index (κ1) is 23.2. The Labute approximate surface area is 196 Å². The van der Waals surface area contributed by atoms with Gasteiger partial charge in [-0.2, -0.15) is 5.10 Å². The highest BCUT2D eigenvalue weighted by atomic mass is 32.2. The molecule has 0 aliphatic rings. The Bertz CT molecular complexity index is 1210. The van der Waals surface area contributed by atoms with Crippen LogP contribution in [0.15, 0.2) is 45.3 Å². The number of aromatic nitrogens is 7. The van der Waals surface area contributed by atoms with Crippen molar-refractivity contribution in [2.75, 3.05) is 12.9 Å². The van der Waals surface area contributed by atoms with Crippen LogP contribution in [0.1, 0.15) is 25.5 Å². The van der Waals surface area contributed by atoms with Crippen molar-refractivity contribution in [2.24, 2.45) is 7.05 Å². The lowest BCUT2D eigenvalue weighted by Gasteiger charge is -2.09. The highest BCUT2D eigenvalue weighted by molar-refractivity contribution is 8.03. The maximum Gasteiger partial charge on any atom is 0.282 e. The van der Waals surface area contributed by atoms with E-state index >= 15 is 0 Å². The van der Waals surface area contributed by atoms with Crippen molar-refractivity contribution in [3.8, 4) is 28.6 Å². The van der Waals surface area contributed by atoms with Gasteiger partial charge in [0.2, 0.25) is 5.16 Å². The Morgan fingerprint density at radius 1 is 1.21 bits per heavy atom. The third-order valence-electron chi connectivity index (χ3n) is 4.65. The molecule has 0 fully saturated rings. The average Bonchev–Trinajstić information content (AvgIpc) is 3.56. The largest absolute Gasteiger partial charge is 0.496 e. The second kappa shape index (κ2) is 10.3. The average molecular weight is 494 g/mol. The molecule has 0 saturated heterocycles. The normalized spacial score (nSPS) is 12.4. The van der Waals surface area contributed by atoms with E-state index in [9.17, 15) is 8.78 Å². The number of methoxy groups -OCH3 is 1. The van der Waals surface area contributed by atoms with E-state index in [2.05, 4.69) is 37.4 Å². The number of nitrogens with one attached hydrogen (secondary N) is 1. The van der Waals surface area contributed by atoms with E-state index < -0.39 is 6.43 Å². The molecule has 0 amide bonds. The molecule has 174 valence electrons. The molecule has 0 aliphatic carbocycles. The number of nitrogens with zero attached hydrogens (tertiary/aromatic N) is 6. The van der Waals surface area contributed by atoms with E-state index in [4.69, 9.17) is 9.15 Å². The van der Waals surface area contributed by atoms with Gasteiger partial charge in [-0.05, 0) is 18.6 Å². The van der Waals surface area contributed by atoms with E-state index in [1.54, 1.807) is 14.2 Å². The van der Waals surface area contributed by atoms with Gasteiger partial charge in [-0.3, -0.25) is 9.78 Å². The van der Waals surface area contributed by atoms with Crippen LogP contribution in [0.2, 0.25) is 0 Å². The fraction of sp³-hybridized carbons (Fsp3) is 0.350. The van der Waals surface area contributed by atoms with Gasteiger partial charge < -0.3 is 9.15 Å². The minimum absolute atomic E-state index is 0.0250. The van der Waals surface area contributed by atoms with Gasteiger partial charge in [0, 0.05) is 24.2 Å². The Morgan fingerprint density at radius 3 is 2.79 bits per heavy atom. The number of benzene rings is 1. The smallest absolute Gasteiger partial charge is 0.282 e. The van der Waals surface area contributed by atoms with Crippen LogP contribution in [0.4, 0.5) is 8.78 Å². The van der Waals surface area contributed by atoms with Gasteiger partial charge in [0.05, 0.1) is 18.2 Å². The molecule has 4 rings (SSSR count). The molecule has 13 heteroatoms. The fourth-order valence-corrected chi connectivity index (χ4v) is 5.00. The Balaban J connectivity index is 1.40. The van der Waals surface area contributed by atoms with Gasteiger partial charge in [0.1, 0.15) is 11.4 Å². The summed E-state index contributed by atoms with van der Waals surface area (Å²) in [5.41, 5.74) is 0.590. The van der Waals surface area contributed by atoms with Crippen molar-refractivity contribution in [2.45, 2.75) is 35.4 Å². The summed E-state index contributed by atoms with van der Waals surface area (Å²) in [5.74, 6) is 2.02. The lowest BCUT2D eigenvalue weighted by Crippen LogP contribution is -2.04. The van der Waals surface area contributed by atoms with Crippen molar-refractivity contribution < 1.29 is 17.9 Å². The van der Waals surface area contributed by atoms with Gasteiger partial charge in [-0.1, -0.05) is 42.6 Å². The Morgan fingerprint density at radius 2 is 2.03 bits per heavy atom. The zero-order chi connectivity index (χ0) is 23.4. The number of aromatic amines is 1. The maximum atomic E-state index is 13.2. The number of hydrogen-bond donors (Lipinski definition) is 1. The first-order valence-electron chi connectivity index (χ1n) is 9.99. The monoisotopic (exact) mass is 493 g/mol. The number of halogens is 2. The maximum absolute atomic E-state index is 13.2. The third-order valence-corrected chi connectivity index (χ3v) is 7.07. The number of ether oxygens (including phenoxy) is 1. The van der Waals surface area contributed by atoms with Crippen LogP contribution >= 0.6 is 23.5 Å². The molecular formula is C20H21F2N7O2S2. The molecule has 0 aliphatic heterocycles. The Kier molecular flexibility index (Phi) is 7.28. The first-order valence-corrected chi connectivity index (χ1v) is 11.9. The predicted molar refractivity (Wildman–Crippen MR) is 120 cm³/mol. The van der Waals surface area contributed by atoms with Crippen LogP contribution in [0, 0.1) is 0 Å². The SMILES string of the molecule is CCC(CSc1nnc(-c2cn(C)nc2C(F)F)o1)Sc1n[nH]c(-c2ccccc2OC)n1. The predicted octanol–water partition coefficient (Wildman–Crippen LogP) is 4.86. The molecule has 0 radical (unpaired) electrons.